The van der Waals surface area contributed by atoms with E-state index >= 15 is 0 Å². The fourth-order valence-corrected chi connectivity index (χ4v) is 0.871. The Bertz CT molecular complexity index is 187. The molecule has 1 aliphatic rings. The summed E-state index contributed by atoms with van der Waals surface area (Å²) in [6.45, 7) is 3.55. The number of hydrogen-bond acceptors (Lipinski definition) is 4. The predicted octanol–water partition coefficient (Wildman–Crippen LogP) is 0.398. The second-order valence-corrected chi connectivity index (χ2v) is 2.38. The van der Waals surface area contributed by atoms with Crippen LogP contribution in [0.1, 0.15) is 13.8 Å². The van der Waals surface area contributed by atoms with Crippen LogP contribution in [0.3, 0.4) is 0 Å². The van der Waals surface area contributed by atoms with Crippen LogP contribution in [-0.2, 0) is 9.53 Å². The number of esters is 1. The van der Waals surface area contributed by atoms with E-state index in [1.807, 2.05) is 0 Å². The maximum atomic E-state index is 10.7. The van der Waals surface area contributed by atoms with Gasteiger partial charge in [0, 0.05) is 5.92 Å². The van der Waals surface area contributed by atoms with Crippen molar-refractivity contribution in [3.8, 4) is 0 Å². The largest absolute Gasteiger partial charge is 0.457 e. The highest BCUT2D eigenvalue weighted by atomic mass is 16.6. The van der Waals surface area contributed by atoms with Crippen molar-refractivity contribution in [3.05, 3.63) is 0 Å². The molecular weight excluding hydrogens is 134 g/mol. The van der Waals surface area contributed by atoms with Crippen LogP contribution in [0.4, 0.5) is 0 Å². The number of nitrogens with zero attached hydrogens (tertiary/aromatic N) is 1. The van der Waals surface area contributed by atoms with Crippen molar-refractivity contribution in [2.75, 3.05) is 0 Å². The topological polar surface area (TPSA) is 58.9 Å². The van der Waals surface area contributed by atoms with Crippen molar-refractivity contribution in [3.63, 3.8) is 0 Å². The summed E-state index contributed by atoms with van der Waals surface area (Å²) < 4.78 is 4.75. The molecule has 1 unspecified atom stereocenters. The maximum absolute atomic E-state index is 10.7. The van der Waals surface area contributed by atoms with Crippen molar-refractivity contribution in [2.24, 2.45) is 11.1 Å². The van der Waals surface area contributed by atoms with Gasteiger partial charge in [0.1, 0.15) is 6.10 Å². The third kappa shape index (κ3) is 0.853. The van der Waals surface area contributed by atoms with Crippen LogP contribution in [0.2, 0.25) is 0 Å². The molecule has 1 fully saturated rings. The van der Waals surface area contributed by atoms with Crippen molar-refractivity contribution in [1.82, 2.24) is 0 Å². The molecule has 1 N–H and O–H groups in total. The van der Waals surface area contributed by atoms with Crippen molar-refractivity contribution in [2.45, 2.75) is 20.0 Å². The minimum absolute atomic E-state index is 0.0995. The summed E-state index contributed by atoms with van der Waals surface area (Å²) in [4.78, 5) is 10.7. The molecule has 4 heteroatoms. The van der Waals surface area contributed by atoms with Crippen LogP contribution in [0.25, 0.3) is 0 Å². The fourth-order valence-electron chi connectivity index (χ4n) is 0.871. The Morgan fingerprint density at radius 3 is 2.40 bits per heavy atom. The monoisotopic (exact) mass is 143 g/mol. The van der Waals surface area contributed by atoms with E-state index in [2.05, 4.69) is 5.16 Å². The zero-order chi connectivity index (χ0) is 7.72. The fraction of sp³-hybridized carbons (Fsp3) is 0.667. The van der Waals surface area contributed by atoms with Gasteiger partial charge in [-0.25, -0.2) is 4.79 Å². The van der Waals surface area contributed by atoms with Gasteiger partial charge in [-0.1, -0.05) is 12.1 Å². The summed E-state index contributed by atoms with van der Waals surface area (Å²) in [7, 11) is 0. The van der Waals surface area contributed by atoms with Crippen LogP contribution in [0.5, 0.6) is 0 Å². The Labute approximate surface area is 58.5 Å². The van der Waals surface area contributed by atoms with Crippen molar-refractivity contribution < 1.29 is 14.7 Å². The first kappa shape index (κ1) is 7.05. The first-order chi connectivity index (χ1) is 4.66. The van der Waals surface area contributed by atoms with Gasteiger partial charge in [0.05, 0.1) is 0 Å². The van der Waals surface area contributed by atoms with E-state index in [0.29, 0.717) is 0 Å². The molecule has 0 saturated carbocycles. The number of carbonyl (C=O) groups excluding carboxylic acids is 1. The van der Waals surface area contributed by atoms with Gasteiger partial charge in [-0.2, -0.15) is 0 Å². The Kier molecular flexibility index (Phi) is 1.61. The van der Waals surface area contributed by atoms with E-state index in [-0.39, 0.29) is 17.7 Å². The predicted molar refractivity (Wildman–Crippen MR) is 33.9 cm³/mol. The van der Waals surface area contributed by atoms with E-state index in [4.69, 9.17) is 9.94 Å². The summed E-state index contributed by atoms with van der Waals surface area (Å²) in [5, 5.41) is 11.2. The van der Waals surface area contributed by atoms with Gasteiger partial charge in [0.25, 0.3) is 0 Å². The lowest BCUT2D eigenvalue weighted by Gasteiger charge is -2.03. The average molecular weight is 143 g/mol. The number of hydrogen-bond donors (Lipinski definition) is 1. The normalized spacial score (nSPS) is 36.6. The minimum atomic E-state index is -0.512. The molecule has 0 aliphatic carbocycles. The third-order valence-corrected chi connectivity index (χ3v) is 1.75. The molecule has 0 aromatic carbocycles. The molecule has 0 radical (unpaired) electrons. The standard InChI is InChI=1S/C6H9NO3/c1-3-4(2)10-6(8)5(3)7-9/h3-4,9H,1-2H3/b7-5+/t3-,4?/m0/s1. The first-order valence-corrected chi connectivity index (χ1v) is 3.09. The summed E-state index contributed by atoms with van der Waals surface area (Å²) in [6, 6.07) is 0. The van der Waals surface area contributed by atoms with Gasteiger partial charge in [0.2, 0.25) is 0 Å². The van der Waals surface area contributed by atoms with Crippen LogP contribution in [0.15, 0.2) is 5.16 Å². The molecule has 56 valence electrons. The molecule has 0 amide bonds. The van der Waals surface area contributed by atoms with Gasteiger partial charge in [0.15, 0.2) is 5.71 Å². The second kappa shape index (κ2) is 2.28. The number of cyclic esters (lactones) is 1. The summed E-state index contributed by atoms with van der Waals surface area (Å²) in [6.07, 6.45) is -0.168. The Hall–Kier alpha value is -1.06. The van der Waals surface area contributed by atoms with Gasteiger partial charge >= 0.3 is 5.97 Å². The number of rotatable bonds is 0. The summed E-state index contributed by atoms with van der Waals surface area (Å²) in [5.74, 6) is -0.611. The van der Waals surface area contributed by atoms with Gasteiger partial charge in [-0.3, -0.25) is 0 Å². The Morgan fingerprint density at radius 2 is 2.20 bits per heavy atom. The number of carbonyl (C=O) groups is 1. The zero-order valence-corrected chi connectivity index (χ0v) is 5.87. The molecular formula is C6H9NO3. The Balaban J connectivity index is 2.85. The van der Waals surface area contributed by atoms with Gasteiger partial charge in [-0.15, -0.1) is 0 Å². The molecule has 1 aliphatic heterocycles. The minimum Gasteiger partial charge on any atom is -0.457 e. The van der Waals surface area contributed by atoms with E-state index in [9.17, 15) is 4.79 Å². The number of ether oxygens (including phenoxy) is 1. The van der Waals surface area contributed by atoms with E-state index in [0.717, 1.165) is 0 Å². The lowest BCUT2D eigenvalue weighted by molar-refractivity contribution is -0.136. The third-order valence-electron chi connectivity index (χ3n) is 1.75. The lowest BCUT2D eigenvalue weighted by atomic mass is 10.0. The molecule has 4 nitrogen and oxygen atoms in total. The summed E-state index contributed by atoms with van der Waals surface area (Å²) >= 11 is 0. The molecule has 1 heterocycles. The molecule has 0 bridgehead atoms. The van der Waals surface area contributed by atoms with Crippen LogP contribution in [0, 0.1) is 5.92 Å². The molecule has 2 atom stereocenters. The van der Waals surface area contributed by atoms with Gasteiger partial charge < -0.3 is 9.94 Å². The highest BCUT2D eigenvalue weighted by Gasteiger charge is 2.35. The second-order valence-electron chi connectivity index (χ2n) is 2.38. The molecule has 1 saturated heterocycles. The average Bonchev–Trinajstić information content (AvgIpc) is 2.09. The molecule has 0 spiro atoms. The highest BCUT2D eigenvalue weighted by Crippen LogP contribution is 2.18. The maximum Gasteiger partial charge on any atom is 0.356 e. The molecule has 0 aromatic heterocycles. The smallest absolute Gasteiger partial charge is 0.356 e. The van der Waals surface area contributed by atoms with Crippen molar-refractivity contribution in [1.29, 1.82) is 0 Å². The van der Waals surface area contributed by atoms with E-state index in [1.54, 1.807) is 13.8 Å². The highest BCUT2D eigenvalue weighted by molar-refractivity contribution is 6.38. The van der Waals surface area contributed by atoms with E-state index < -0.39 is 5.97 Å². The first-order valence-electron chi connectivity index (χ1n) is 3.09. The molecule has 0 aromatic rings. The van der Waals surface area contributed by atoms with E-state index in [1.165, 1.54) is 0 Å². The van der Waals surface area contributed by atoms with Crippen LogP contribution >= 0.6 is 0 Å². The summed E-state index contributed by atoms with van der Waals surface area (Å²) in [5.41, 5.74) is 0.118. The van der Waals surface area contributed by atoms with Gasteiger partial charge in [-0.05, 0) is 6.92 Å². The zero-order valence-electron chi connectivity index (χ0n) is 5.87. The lowest BCUT2D eigenvalue weighted by Crippen LogP contribution is -2.14. The Morgan fingerprint density at radius 1 is 1.60 bits per heavy atom. The molecule has 1 rings (SSSR count). The number of oxime groups is 1. The van der Waals surface area contributed by atoms with Crippen LogP contribution in [-0.4, -0.2) is 23.0 Å². The van der Waals surface area contributed by atoms with Crippen LogP contribution < -0.4 is 0 Å². The SMILES string of the molecule is CC1OC(=O)/C(=N/O)[C@H]1C. The van der Waals surface area contributed by atoms with Crippen molar-refractivity contribution >= 4 is 11.7 Å². The quantitative estimate of drug-likeness (QED) is 0.303. The molecule has 10 heavy (non-hydrogen) atoms.